The average Bonchev–Trinajstić information content (AvgIpc) is 3.47. The molecule has 0 saturated carbocycles. The van der Waals surface area contributed by atoms with E-state index in [-0.39, 0.29) is 24.5 Å². The van der Waals surface area contributed by atoms with Crippen LogP contribution in [0.1, 0.15) is 28.8 Å². The molecule has 1 aromatic heterocycles. The lowest BCUT2D eigenvalue weighted by Gasteiger charge is -2.36. The second-order valence-electron chi connectivity index (χ2n) is 9.70. The van der Waals surface area contributed by atoms with Crippen LogP contribution in [0.2, 0.25) is 0 Å². The third kappa shape index (κ3) is 6.14. The summed E-state index contributed by atoms with van der Waals surface area (Å²) in [5.41, 5.74) is 3.56. The summed E-state index contributed by atoms with van der Waals surface area (Å²) < 4.78 is 5.78. The molecule has 192 valence electrons. The molecule has 2 amide bonds. The molecule has 0 aliphatic carbocycles. The lowest BCUT2D eigenvalue weighted by Crippen LogP contribution is -2.52. The zero-order valence-electron chi connectivity index (χ0n) is 21.3. The van der Waals surface area contributed by atoms with Gasteiger partial charge in [0.1, 0.15) is 6.54 Å². The van der Waals surface area contributed by atoms with E-state index in [0.29, 0.717) is 44.9 Å². The highest BCUT2D eigenvalue weighted by Gasteiger charge is 2.28. The summed E-state index contributed by atoms with van der Waals surface area (Å²) in [4.78, 5) is 32.2. The molecule has 0 spiro atoms. The SMILES string of the molecule is Cc1ccc(C(=O)N(CC(=O)N2CCN(c3ccc(-c4ccccc4)nn3)CC2)C[C@H]2CCCO2)cc1. The standard InChI is InChI=1S/C29H33N5O3/c1-22-9-11-24(12-10-22)29(36)34(20-25-8-5-19-37-25)21-28(35)33-17-15-32(16-18-33)27-14-13-26(30-31-27)23-6-3-2-4-7-23/h2-4,6-7,9-14,25H,5,8,15-21H2,1H3/t25-/m1/s1. The third-order valence-corrected chi connectivity index (χ3v) is 7.04. The van der Waals surface area contributed by atoms with Crippen LogP contribution in [0.3, 0.4) is 0 Å². The van der Waals surface area contributed by atoms with Crippen molar-refractivity contribution in [1.82, 2.24) is 20.0 Å². The van der Waals surface area contributed by atoms with Gasteiger partial charge in [-0.1, -0.05) is 48.0 Å². The topological polar surface area (TPSA) is 78.9 Å². The predicted octanol–water partition coefficient (Wildman–Crippen LogP) is 3.42. The van der Waals surface area contributed by atoms with Crippen LogP contribution in [0.25, 0.3) is 11.3 Å². The number of benzene rings is 2. The molecule has 2 aromatic carbocycles. The van der Waals surface area contributed by atoms with Gasteiger partial charge in [0.05, 0.1) is 11.8 Å². The van der Waals surface area contributed by atoms with E-state index in [1.54, 1.807) is 4.90 Å². The molecular weight excluding hydrogens is 466 g/mol. The first-order valence-corrected chi connectivity index (χ1v) is 13.0. The molecule has 3 aromatic rings. The van der Waals surface area contributed by atoms with Gasteiger partial charge in [-0.2, -0.15) is 0 Å². The highest BCUT2D eigenvalue weighted by molar-refractivity contribution is 5.96. The van der Waals surface area contributed by atoms with E-state index in [2.05, 4.69) is 15.1 Å². The van der Waals surface area contributed by atoms with E-state index in [1.165, 1.54) is 0 Å². The smallest absolute Gasteiger partial charge is 0.254 e. The van der Waals surface area contributed by atoms with Crippen LogP contribution in [-0.2, 0) is 9.53 Å². The minimum atomic E-state index is -0.128. The van der Waals surface area contributed by atoms with Gasteiger partial charge in [-0.05, 0) is 44.0 Å². The maximum atomic E-state index is 13.3. The summed E-state index contributed by atoms with van der Waals surface area (Å²) >= 11 is 0. The van der Waals surface area contributed by atoms with Gasteiger partial charge in [-0.15, -0.1) is 10.2 Å². The van der Waals surface area contributed by atoms with Crippen molar-refractivity contribution >= 4 is 17.6 Å². The van der Waals surface area contributed by atoms with Crippen molar-refractivity contribution in [3.63, 3.8) is 0 Å². The van der Waals surface area contributed by atoms with E-state index >= 15 is 0 Å². The van der Waals surface area contributed by atoms with Gasteiger partial charge in [0.25, 0.3) is 5.91 Å². The van der Waals surface area contributed by atoms with Crippen molar-refractivity contribution in [1.29, 1.82) is 0 Å². The van der Waals surface area contributed by atoms with E-state index in [9.17, 15) is 9.59 Å². The molecule has 0 bridgehead atoms. The maximum absolute atomic E-state index is 13.3. The van der Waals surface area contributed by atoms with E-state index in [0.717, 1.165) is 35.5 Å². The number of amides is 2. The Kier molecular flexibility index (Phi) is 7.75. The number of nitrogens with zero attached hydrogens (tertiary/aromatic N) is 5. The Morgan fingerprint density at radius 1 is 0.946 bits per heavy atom. The zero-order valence-corrected chi connectivity index (χ0v) is 21.3. The molecule has 2 fully saturated rings. The average molecular weight is 500 g/mol. The van der Waals surface area contributed by atoms with Crippen LogP contribution < -0.4 is 4.90 Å². The van der Waals surface area contributed by atoms with Gasteiger partial charge in [0.15, 0.2) is 5.82 Å². The number of hydrogen-bond acceptors (Lipinski definition) is 6. The molecule has 1 atom stereocenters. The summed E-state index contributed by atoms with van der Waals surface area (Å²) in [6.45, 7) is 5.68. The first-order valence-electron chi connectivity index (χ1n) is 13.0. The molecule has 0 unspecified atom stereocenters. The number of hydrogen-bond donors (Lipinski definition) is 0. The lowest BCUT2D eigenvalue weighted by atomic mass is 10.1. The van der Waals surface area contributed by atoms with E-state index < -0.39 is 0 Å². The molecule has 3 heterocycles. The molecule has 37 heavy (non-hydrogen) atoms. The molecule has 0 N–H and O–H groups in total. The highest BCUT2D eigenvalue weighted by atomic mass is 16.5. The molecule has 5 rings (SSSR count). The summed E-state index contributed by atoms with van der Waals surface area (Å²) in [6, 6.07) is 21.4. The summed E-state index contributed by atoms with van der Waals surface area (Å²) in [6.07, 6.45) is 1.88. The van der Waals surface area contributed by atoms with Gasteiger partial charge in [-0.3, -0.25) is 9.59 Å². The Labute approximate surface area is 217 Å². The molecule has 2 aliphatic heterocycles. The van der Waals surface area contributed by atoms with E-state index in [1.807, 2.05) is 78.6 Å². The second kappa shape index (κ2) is 11.5. The summed E-state index contributed by atoms with van der Waals surface area (Å²) in [5, 5.41) is 8.81. The highest BCUT2D eigenvalue weighted by Crippen LogP contribution is 2.20. The molecule has 8 heteroatoms. The summed E-state index contributed by atoms with van der Waals surface area (Å²) in [5.74, 6) is 0.640. The Morgan fingerprint density at radius 3 is 2.35 bits per heavy atom. The van der Waals surface area contributed by atoms with Crippen molar-refractivity contribution in [2.24, 2.45) is 0 Å². The van der Waals surface area contributed by atoms with Crippen molar-refractivity contribution < 1.29 is 14.3 Å². The Hall–Kier alpha value is -3.78. The van der Waals surface area contributed by atoms with Gasteiger partial charge in [-0.25, -0.2) is 0 Å². The van der Waals surface area contributed by atoms with Crippen LogP contribution in [-0.4, -0.2) is 83.8 Å². The normalized spacial score (nSPS) is 17.6. The van der Waals surface area contributed by atoms with E-state index in [4.69, 9.17) is 4.74 Å². The number of piperazine rings is 1. The lowest BCUT2D eigenvalue weighted by molar-refractivity contribution is -0.132. The Balaban J connectivity index is 1.19. The molecule has 2 aliphatic rings. The monoisotopic (exact) mass is 499 g/mol. The molecule has 8 nitrogen and oxygen atoms in total. The number of carbonyl (C=O) groups is 2. The van der Waals surface area contributed by atoms with Crippen LogP contribution in [0, 0.1) is 6.92 Å². The quantitative estimate of drug-likeness (QED) is 0.496. The van der Waals surface area contributed by atoms with Crippen molar-refractivity contribution in [3.8, 4) is 11.3 Å². The van der Waals surface area contributed by atoms with Gasteiger partial charge < -0.3 is 19.4 Å². The van der Waals surface area contributed by atoms with Gasteiger partial charge in [0.2, 0.25) is 5.91 Å². The third-order valence-electron chi connectivity index (χ3n) is 7.04. The first kappa shape index (κ1) is 24.9. The Bertz CT molecular complexity index is 1190. The van der Waals surface area contributed by atoms with Crippen molar-refractivity contribution in [2.45, 2.75) is 25.9 Å². The summed E-state index contributed by atoms with van der Waals surface area (Å²) in [7, 11) is 0. The number of aromatic nitrogens is 2. The fraction of sp³-hybridized carbons (Fsp3) is 0.379. The number of aryl methyl sites for hydroxylation is 1. The minimum Gasteiger partial charge on any atom is -0.376 e. The molecule has 0 radical (unpaired) electrons. The van der Waals surface area contributed by atoms with Crippen LogP contribution in [0.15, 0.2) is 66.7 Å². The van der Waals surface area contributed by atoms with Gasteiger partial charge >= 0.3 is 0 Å². The predicted molar refractivity (Wildman–Crippen MR) is 142 cm³/mol. The fourth-order valence-corrected chi connectivity index (χ4v) is 4.84. The maximum Gasteiger partial charge on any atom is 0.254 e. The first-order chi connectivity index (χ1) is 18.1. The van der Waals surface area contributed by atoms with Crippen molar-refractivity contribution in [2.75, 3.05) is 50.8 Å². The fourth-order valence-electron chi connectivity index (χ4n) is 4.84. The second-order valence-corrected chi connectivity index (χ2v) is 9.70. The minimum absolute atomic E-state index is 0.0172. The van der Waals surface area contributed by atoms with Crippen LogP contribution >= 0.6 is 0 Å². The van der Waals surface area contributed by atoms with Gasteiger partial charge in [0, 0.05) is 50.5 Å². The van der Waals surface area contributed by atoms with Crippen LogP contribution in [0.4, 0.5) is 5.82 Å². The van der Waals surface area contributed by atoms with Crippen LogP contribution in [0.5, 0.6) is 0 Å². The largest absolute Gasteiger partial charge is 0.376 e. The molecule has 2 saturated heterocycles. The zero-order chi connectivity index (χ0) is 25.6. The molecular formula is C29H33N5O3. The number of anilines is 1. The number of carbonyl (C=O) groups excluding carboxylic acids is 2. The Morgan fingerprint density at radius 2 is 1.70 bits per heavy atom. The van der Waals surface area contributed by atoms with Crippen molar-refractivity contribution in [3.05, 3.63) is 77.9 Å². The number of rotatable bonds is 7. The number of ether oxygens (including phenoxy) is 1.